The molecule has 5 nitrogen and oxygen atoms in total. The Kier molecular flexibility index (Phi) is 4.26. The average Bonchev–Trinajstić information content (AvgIpc) is 3.11. The molecule has 5 heteroatoms. The molecular weight excluding hydrogens is 298 g/mol. The maximum atomic E-state index is 4.46. The van der Waals surface area contributed by atoms with Crippen molar-refractivity contribution in [3.63, 3.8) is 0 Å². The van der Waals surface area contributed by atoms with Crippen LogP contribution in [0.15, 0.2) is 36.9 Å². The van der Waals surface area contributed by atoms with Crippen molar-refractivity contribution in [3.8, 4) is 17.3 Å². The minimum atomic E-state index is 0.443. The highest BCUT2D eigenvalue weighted by atomic mass is 15.3. The topological polar surface area (TPSA) is 39.5 Å². The normalized spacial score (nSPS) is 11.7. The molecule has 24 heavy (non-hydrogen) atoms. The van der Waals surface area contributed by atoms with Gasteiger partial charge in [-0.05, 0) is 11.8 Å². The molecule has 0 aliphatic rings. The van der Waals surface area contributed by atoms with E-state index in [0.29, 0.717) is 11.8 Å². The summed E-state index contributed by atoms with van der Waals surface area (Å²) in [4.78, 5) is 4.46. The SMILES string of the molecule is CC(C)c1cccc(C(C)C)c1-n1cc[n+](C)c1-c1ncnn1C. The fourth-order valence-corrected chi connectivity index (χ4v) is 3.21. The second-order valence-corrected chi connectivity index (χ2v) is 6.90. The lowest BCUT2D eigenvalue weighted by Crippen LogP contribution is -2.30. The fraction of sp³-hybridized carbons (Fsp3) is 0.421. The van der Waals surface area contributed by atoms with Gasteiger partial charge in [0.1, 0.15) is 24.4 Å². The van der Waals surface area contributed by atoms with E-state index in [4.69, 9.17) is 0 Å². The molecule has 126 valence electrons. The molecule has 0 aliphatic carbocycles. The van der Waals surface area contributed by atoms with Crippen LogP contribution in [-0.4, -0.2) is 19.3 Å². The van der Waals surface area contributed by atoms with Crippen molar-refractivity contribution in [2.75, 3.05) is 0 Å². The van der Waals surface area contributed by atoms with Gasteiger partial charge in [-0.3, -0.25) is 0 Å². The molecule has 0 saturated heterocycles. The second kappa shape index (κ2) is 6.23. The zero-order chi connectivity index (χ0) is 17.4. The quantitative estimate of drug-likeness (QED) is 0.691. The lowest BCUT2D eigenvalue weighted by atomic mass is 9.92. The van der Waals surface area contributed by atoms with Crippen molar-refractivity contribution in [2.24, 2.45) is 14.1 Å². The number of rotatable bonds is 4. The first-order chi connectivity index (χ1) is 11.4. The molecule has 1 aromatic carbocycles. The second-order valence-electron chi connectivity index (χ2n) is 6.90. The summed E-state index contributed by atoms with van der Waals surface area (Å²) in [6, 6.07) is 6.62. The molecule has 0 bridgehead atoms. The maximum absolute atomic E-state index is 4.46. The number of benzene rings is 1. The van der Waals surface area contributed by atoms with Crippen LogP contribution in [0.4, 0.5) is 0 Å². The Labute approximate surface area is 143 Å². The van der Waals surface area contributed by atoms with Gasteiger partial charge in [0, 0.05) is 18.2 Å². The first-order valence-corrected chi connectivity index (χ1v) is 8.46. The van der Waals surface area contributed by atoms with E-state index in [1.165, 1.54) is 16.8 Å². The van der Waals surface area contributed by atoms with Crippen LogP contribution in [-0.2, 0) is 14.1 Å². The highest BCUT2D eigenvalue weighted by Crippen LogP contribution is 2.32. The minimum absolute atomic E-state index is 0.443. The molecule has 3 rings (SSSR count). The van der Waals surface area contributed by atoms with Crippen LogP contribution in [0.1, 0.15) is 50.7 Å². The largest absolute Gasteiger partial charge is 0.332 e. The molecule has 0 amide bonds. The summed E-state index contributed by atoms with van der Waals surface area (Å²) in [7, 11) is 3.98. The van der Waals surface area contributed by atoms with Crippen molar-refractivity contribution in [1.29, 1.82) is 0 Å². The molecule has 0 unspecified atom stereocenters. The van der Waals surface area contributed by atoms with Crippen molar-refractivity contribution >= 4 is 0 Å². The van der Waals surface area contributed by atoms with E-state index in [1.807, 2.05) is 18.8 Å². The van der Waals surface area contributed by atoms with E-state index in [9.17, 15) is 0 Å². The van der Waals surface area contributed by atoms with Gasteiger partial charge in [-0.2, -0.15) is 9.67 Å². The third-order valence-corrected chi connectivity index (χ3v) is 4.50. The minimum Gasteiger partial charge on any atom is -0.243 e. The van der Waals surface area contributed by atoms with Gasteiger partial charge in [0.25, 0.3) is 0 Å². The van der Waals surface area contributed by atoms with Crippen LogP contribution < -0.4 is 4.57 Å². The van der Waals surface area contributed by atoms with Crippen LogP contribution in [0.2, 0.25) is 0 Å². The molecule has 0 fully saturated rings. The Balaban J connectivity index is 2.34. The van der Waals surface area contributed by atoms with Crippen LogP contribution in [0.25, 0.3) is 17.3 Å². The van der Waals surface area contributed by atoms with Crippen LogP contribution in [0, 0.1) is 0 Å². The van der Waals surface area contributed by atoms with Gasteiger partial charge in [-0.15, -0.1) is 0 Å². The summed E-state index contributed by atoms with van der Waals surface area (Å²) in [6.45, 7) is 8.98. The van der Waals surface area contributed by atoms with Crippen LogP contribution >= 0.6 is 0 Å². The third-order valence-electron chi connectivity index (χ3n) is 4.50. The fourth-order valence-electron chi connectivity index (χ4n) is 3.21. The number of hydrogen-bond acceptors (Lipinski definition) is 2. The Morgan fingerprint density at radius 1 is 1.04 bits per heavy atom. The van der Waals surface area contributed by atoms with Crippen molar-refractivity contribution in [3.05, 3.63) is 48.0 Å². The van der Waals surface area contributed by atoms with Crippen molar-refractivity contribution < 1.29 is 4.57 Å². The van der Waals surface area contributed by atoms with Gasteiger partial charge < -0.3 is 0 Å². The number of para-hydroxylation sites is 1. The van der Waals surface area contributed by atoms with E-state index in [-0.39, 0.29) is 0 Å². The average molecular weight is 324 g/mol. The number of imidazole rings is 1. The Bertz CT molecular complexity index is 828. The Morgan fingerprint density at radius 2 is 1.67 bits per heavy atom. The first-order valence-electron chi connectivity index (χ1n) is 8.46. The van der Waals surface area contributed by atoms with Crippen LogP contribution in [0.5, 0.6) is 0 Å². The number of hydrogen-bond donors (Lipinski definition) is 0. The highest BCUT2D eigenvalue weighted by molar-refractivity contribution is 5.56. The van der Waals surface area contributed by atoms with E-state index < -0.39 is 0 Å². The molecule has 0 atom stereocenters. The van der Waals surface area contributed by atoms with Crippen molar-refractivity contribution in [2.45, 2.75) is 39.5 Å². The number of nitrogens with zero attached hydrogens (tertiary/aromatic N) is 5. The molecule has 2 heterocycles. The predicted molar refractivity (Wildman–Crippen MR) is 95.1 cm³/mol. The van der Waals surface area contributed by atoms with Gasteiger partial charge in [0.2, 0.25) is 5.82 Å². The summed E-state index contributed by atoms with van der Waals surface area (Å²) in [5, 5.41) is 4.24. The molecule has 0 N–H and O–H groups in total. The monoisotopic (exact) mass is 324 g/mol. The maximum Gasteiger partial charge on any atom is 0.332 e. The zero-order valence-electron chi connectivity index (χ0n) is 15.4. The molecular formula is C19H26N5+. The van der Waals surface area contributed by atoms with E-state index in [1.54, 1.807) is 6.33 Å². The summed E-state index contributed by atoms with van der Waals surface area (Å²) >= 11 is 0. The summed E-state index contributed by atoms with van der Waals surface area (Å²) in [5.41, 5.74) is 3.96. The van der Waals surface area contributed by atoms with Gasteiger partial charge in [0.15, 0.2) is 0 Å². The summed E-state index contributed by atoms with van der Waals surface area (Å²) in [6.07, 6.45) is 5.80. The zero-order valence-corrected chi connectivity index (χ0v) is 15.4. The van der Waals surface area contributed by atoms with Crippen LogP contribution in [0.3, 0.4) is 0 Å². The Hall–Kier alpha value is -2.43. The number of aryl methyl sites for hydroxylation is 2. The third kappa shape index (κ3) is 2.64. The highest BCUT2D eigenvalue weighted by Gasteiger charge is 2.28. The Morgan fingerprint density at radius 3 is 2.17 bits per heavy atom. The predicted octanol–water partition coefficient (Wildman–Crippen LogP) is 3.34. The molecule has 3 aromatic rings. The van der Waals surface area contributed by atoms with E-state index in [0.717, 1.165) is 11.6 Å². The summed E-state index contributed by atoms with van der Waals surface area (Å²) in [5.74, 6) is 2.78. The van der Waals surface area contributed by atoms with Gasteiger partial charge in [-0.25, -0.2) is 14.2 Å². The molecule has 0 aliphatic heterocycles. The van der Waals surface area contributed by atoms with Crippen molar-refractivity contribution in [1.82, 2.24) is 19.3 Å². The van der Waals surface area contributed by atoms with Gasteiger partial charge >= 0.3 is 5.82 Å². The van der Waals surface area contributed by atoms with Gasteiger partial charge in [0.05, 0.1) is 7.05 Å². The lowest BCUT2D eigenvalue weighted by molar-refractivity contribution is -0.659. The first kappa shape index (κ1) is 16.4. The van der Waals surface area contributed by atoms with Gasteiger partial charge in [-0.1, -0.05) is 45.9 Å². The van der Waals surface area contributed by atoms with E-state index >= 15 is 0 Å². The molecule has 2 aromatic heterocycles. The lowest BCUT2D eigenvalue weighted by Gasteiger charge is -2.17. The summed E-state index contributed by atoms with van der Waals surface area (Å²) < 4.78 is 6.18. The molecule has 0 radical (unpaired) electrons. The van der Waals surface area contributed by atoms with E-state index in [2.05, 4.69) is 77.5 Å². The smallest absolute Gasteiger partial charge is 0.243 e. The molecule has 0 saturated carbocycles. The number of aromatic nitrogens is 5. The molecule has 0 spiro atoms. The standard InChI is InChI=1S/C19H26N5/c1-13(2)15-8-7-9-16(14(3)4)17(15)24-11-10-22(5)19(24)18-20-12-21-23(18)6/h7-14H,1-6H3/q+1.